The third-order valence-electron chi connectivity index (χ3n) is 2.82. The number of nitrogens with one attached hydrogen (secondary N) is 1. The van der Waals surface area contributed by atoms with E-state index in [2.05, 4.69) is 44.5 Å². The van der Waals surface area contributed by atoms with Gasteiger partial charge in [0, 0.05) is 26.3 Å². The van der Waals surface area contributed by atoms with Gasteiger partial charge in [-0.3, -0.25) is 0 Å². The predicted molar refractivity (Wildman–Crippen MR) is 81.7 cm³/mol. The van der Waals surface area contributed by atoms with Gasteiger partial charge < -0.3 is 15.0 Å². The Kier molecular flexibility index (Phi) is 4.63. The highest BCUT2D eigenvalue weighted by atomic mass is 35.5. The van der Waals surface area contributed by atoms with E-state index in [9.17, 15) is 0 Å². The summed E-state index contributed by atoms with van der Waals surface area (Å²) in [5.74, 6) is 0.565. The van der Waals surface area contributed by atoms with Crippen LogP contribution in [0.5, 0.6) is 6.01 Å². The number of halogens is 1. The van der Waals surface area contributed by atoms with Gasteiger partial charge in [0.05, 0.1) is 13.3 Å². The van der Waals surface area contributed by atoms with Crippen LogP contribution in [0.25, 0.3) is 0 Å². The lowest BCUT2D eigenvalue weighted by atomic mass is 10.2. The van der Waals surface area contributed by atoms with Crippen molar-refractivity contribution in [3.8, 4) is 6.01 Å². The summed E-state index contributed by atoms with van der Waals surface area (Å²) >= 11 is 6.04. The van der Waals surface area contributed by atoms with E-state index in [0.717, 1.165) is 11.3 Å². The van der Waals surface area contributed by atoms with Gasteiger partial charge in [-0.05, 0) is 17.7 Å². The van der Waals surface area contributed by atoms with Crippen LogP contribution in [-0.4, -0.2) is 31.2 Å². The Bertz CT molecular complexity index is 572. The zero-order valence-corrected chi connectivity index (χ0v) is 12.5. The minimum Gasteiger partial charge on any atom is -0.467 e. The topological polar surface area (TPSA) is 50.3 Å². The second kappa shape index (κ2) is 6.43. The molecule has 1 aromatic carbocycles. The second-order valence-electron chi connectivity index (χ2n) is 4.47. The van der Waals surface area contributed by atoms with E-state index in [1.54, 1.807) is 0 Å². The first-order chi connectivity index (χ1) is 9.60. The third-order valence-corrected chi connectivity index (χ3v) is 3.09. The summed E-state index contributed by atoms with van der Waals surface area (Å²) in [4.78, 5) is 10.2. The number of benzene rings is 1. The van der Waals surface area contributed by atoms with Gasteiger partial charge in [-0.15, -0.1) is 0 Å². The fourth-order valence-corrected chi connectivity index (χ4v) is 1.83. The quantitative estimate of drug-likeness (QED) is 0.918. The number of aromatic nitrogens is 2. The van der Waals surface area contributed by atoms with Crippen molar-refractivity contribution >= 4 is 23.1 Å². The average molecular weight is 293 g/mol. The molecule has 1 heterocycles. The summed E-state index contributed by atoms with van der Waals surface area (Å²) < 4.78 is 4.98. The predicted octanol–water partition coefficient (Wildman–Crippen LogP) is 2.82. The van der Waals surface area contributed by atoms with Crippen LogP contribution in [-0.2, 0) is 6.54 Å². The molecule has 0 aliphatic carbocycles. The van der Waals surface area contributed by atoms with Gasteiger partial charge in [-0.2, -0.15) is 4.98 Å². The molecule has 0 saturated carbocycles. The minimum absolute atomic E-state index is 0.292. The van der Waals surface area contributed by atoms with Gasteiger partial charge in [0.15, 0.2) is 5.82 Å². The highest BCUT2D eigenvalue weighted by molar-refractivity contribution is 6.32. The highest BCUT2D eigenvalue weighted by Crippen LogP contribution is 2.21. The Hall–Kier alpha value is -2.01. The van der Waals surface area contributed by atoms with E-state index >= 15 is 0 Å². The van der Waals surface area contributed by atoms with Crippen LogP contribution in [0, 0.1) is 0 Å². The molecule has 0 unspecified atom stereocenters. The standard InChI is InChI=1S/C14H17ClN4O/c1-19(2)11-6-4-10(5-7-11)8-16-13-12(15)9-17-14(18-13)20-3/h4-7,9H,8H2,1-3H3,(H,16,17,18). The summed E-state index contributed by atoms with van der Waals surface area (Å²) in [6.07, 6.45) is 1.52. The maximum Gasteiger partial charge on any atom is 0.318 e. The van der Waals surface area contributed by atoms with Crippen LogP contribution >= 0.6 is 11.6 Å². The smallest absolute Gasteiger partial charge is 0.318 e. The number of anilines is 2. The summed E-state index contributed by atoms with van der Waals surface area (Å²) in [5.41, 5.74) is 2.31. The van der Waals surface area contributed by atoms with Crippen molar-refractivity contribution in [1.29, 1.82) is 0 Å². The van der Waals surface area contributed by atoms with E-state index in [1.165, 1.54) is 13.3 Å². The molecule has 20 heavy (non-hydrogen) atoms. The maximum atomic E-state index is 6.04. The highest BCUT2D eigenvalue weighted by Gasteiger charge is 2.05. The van der Waals surface area contributed by atoms with Crippen molar-refractivity contribution in [2.75, 3.05) is 31.4 Å². The number of nitrogens with zero attached hydrogens (tertiary/aromatic N) is 3. The molecule has 0 radical (unpaired) electrons. The van der Waals surface area contributed by atoms with Crippen molar-refractivity contribution in [1.82, 2.24) is 9.97 Å². The average Bonchev–Trinajstić information content (AvgIpc) is 2.47. The van der Waals surface area contributed by atoms with E-state index in [-0.39, 0.29) is 0 Å². The Morgan fingerprint density at radius 3 is 2.55 bits per heavy atom. The second-order valence-corrected chi connectivity index (χ2v) is 4.87. The SMILES string of the molecule is COc1ncc(Cl)c(NCc2ccc(N(C)C)cc2)n1. The Balaban J connectivity index is 2.04. The number of hydrogen-bond acceptors (Lipinski definition) is 5. The van der Waals surface area contributed by atoms with Gasteiger partial charge in [0.2, 0.25) is 0 Å². The lowest BCUT2D eigenvalue weighted by Gasteiger charge is -2.13. The van der Waals surface area contributed by atoms with Gasteiger partial charge >= 0.3 is 6.01 Å². The molecule has 5 nitrogen and oxygen atoms in total. The molecule has 2 rings (SSSR count). The van der Waals surface area contributed by atoms with E-state index in [1.807, 2.05) is 14.1 Å². The molecule has 1 N–H and O–H groups in total. The fraction of sp³-hybridized carbons (Fsp3) is 0.286. The lowest BCUT2D eigenvalue weighted by Crippen LogP contribution is -2.09. The molecule has 2 aromatic rings. The number of rotatable bonds is 5. The van der Waals surface area contributed by atoms with Crippen molar-refractivity contribution < 1.29 is 4.74 Å². The molecule has 1 aromatic heterocycles. The van der Waals surface area contributed by atoms with Crippen LogP contribution in [0.1, 0.15) is 5.56 Å². The monoisotopic (exact) mass is 292 g/mol. The van der Waals surface area contributed by atoms with Gasteiger partial charge in [0.1, 0.15) is 5.02 Å². The van der Waals surface area contributed by atoms with Crippen molar-refractivity contribution in [3.63, 3.8) is 0 Å². The first-order valence-electron chi connectivity index (χ1n) is 6.17. The summed E-state index contributed by atoms with van der Waals surface area (Å²) in [6, 6.07) is 8.56. The summed E-state index contributed by atoms with van der Waals surface area (Å²) in [6.45, 7) is 0.633. The normalized spacial score (nSPS) is 10.2. The molecular weight excluding hydrogens is 276 g/mol. The number of hydrogen-bond donors (Lipinski definition) is 1. The number of methoxy groups -OCH3 is 1. The number of ether oxygens (including phenoxy) is 1. The van der Waals surface area contributed by atoms with Crippen LogP contribution in [0.2, 0.25) is 5.02 Å². The van der Waals surface area contributed by atoms with Crippen LogP contribution in [0.3, 0.4) is 0 Å². The molecule has 0 amide bonds. The fourth-order valence-electron chi connectivity index (χ4n) is 1.67. The van der Waals surface area contributed by atoms with Crippen LogP contribution < -0.4 is 15.0 Å². The van der Waals surface area contributed by atoms with Crippen molar-refractivity contribution in [2.45, 2.75) is 6.54 Å². The van der Waals surface area contributed by atoms with Gasteiger partial charge in [-0.25, -0.2) is 4.98 Å². The van der Waals surface area contributed by atoms with E-state index in [0.29, 0.717) is 23.4 Å². The van der Waals surface area contributed by atoms with Crippen molar-refractivity contribution in [2.24, 2.45) is 0 Å². The van der Waals surface area contributed by atoms with Crippen LogP contribution in [0.4, 0.5) is 11.5 Å². The van der Waals surface area contributed by atoms with Crippen LogP contribution in [0.15, 0.2) is 30.5 Å². The molecule has 6 heteroatoms. The molecule has 106 valence electrons. The van der Waals surface area contributed by atoms with E-state index in [4.69, 9.17) is 16.3 Å². The maximum absolute atomic E-state index is 6.04. The molecule has 0 spiro atoms. The molecule has 0 aliphatic heterocycles. The molecule has 0 atom stereocenters. The van der Waals surface area contributed by atoms with Crippen molar-refractivity contribution in [3.05, 3.63) is 41.0 Å². The molecular formula is C14H17ClN4O. The molecule has 0 fully saturated rings. The first kappa shape index (κ1) is 14.4. The molecule has 0 bridgehead atoms. The summed E-state index contributed by atoms with van der Waals surface area (Å²) in [5, 5.41) is 3.64. The Morgan fingerprint density at radius 1 is 1.25 bits per heavy atom. The van der Waals surface area contributed by atoms with Gasteiger partial charge in [0.25, 0.3) is 0 Å². The largest absolute Gasteiger partial charge is 0.467 e. The van der Waals surface area contributed by atoms with E-state index < -0.39 is 0 Å². The minimum atomic E-state index is 0.292. The summed E-state index contributed by atoms with van der Waals surface area (Å²) in [7, 11) is 5.55. The Labute approximate surface area is 123 Å². The van der Waals surface area contributed by atoms with Gasteiger partial charge in [-0.1, -0.05) is 23.7 Å². The zero-order chi connectivity index (χ0) is 14.5. The zero-order valence-electron chi connectivity index (χ0n) is 11.7. The Morgan fingerprint density at radius 2 is 1.95 bits per heavy atom. The molecule has 0 aliphatic rings. The first-order valence-corrected chi connectivity index (χ1v) is 6.54. The third kappa shape index (κ3) is 3.51. The molecule has 0 saturated heterocycles. The lowest BCUT2D eigenvalue weighted by molar-refractivity contribution is 0.380.